The van der Waals surface area contributed by atoms with Gasteiger partial charge in [0.15, 0.2) is 5.03 Å². The maximum absolute atomic E-state index is 12.9. The van der Waals surface area contributed by atoms with E-state index in [0.29, 0.717) is 0 Å². The van der Waals surface area contributed by atoms with Gasteiger partial charge < -0.3 is 5.73 Å². The Morgan fingerprint density at radius 1 is 1.38 bits per heavy atom. The van der Waals surface area contributed by atoms with Crippen LogP contribution in [0, 0.1) is 0 Å². The van der Waals surface area contributed by atoms with Crippen molar-refractivity contribution in [3.05, 3.63) is 23.9 Å². The van der Waals surface area contributed by atoms with E-state index in [1.54, 1.807) is 0 Å². The van der Waals surface area contributed by atoms with Crippen molar-refractivity contribution in [3.63, 3.8) is 0 Å². The van der Waals surface area contributed by atoms with Crippen LogP contribution in [-0.2, 0) is 16.4 Å². The minimum Gasteiger partial charge on any atom is -0.326 e. The second kappa shape index (κ2) is 4.79. The first kappa shape index (κ1) is 12.9. The van der Waals surface area contributed by atoms with Crippen molar-refractivity contribution in [1.29, 1.82) is 0 Å². The van der Waals surface area contributed by atoms with Gasteiger partial charge in [0.1, 0.15) is 0 Å². The molecule has 1 heterocycles. The predicted molar refractivity (Wildman–Crippen MR) is 50.2 cm³/mol. The molecule has 1 atom stereocenters. The Morgan fingerprint density at radius 3 is 2.50 bits per heavy atom. The fourth-order valence-electron chi connectivity index (χ4n) is 1.08. The van der Waals surface area contributed by atoms with Crippen molar-refractivity contribution in [2.45, 2.75) is 23.5 Å². The summed E-state index contributed by atoms with van der Waals surface area (Å²) in [7, 11) is -4.79. The zero-order valence-corrected chi connectivity index (χ0v) is 8.79. The average Bonchev–Trinajstić information content (AvgIpc) is 2.27. The third-order valence-electron chi connectivity index (χ3n) is 1.83. The van der Waals surface area contributed by atoms with Crippen LogP contribution in [0.1, 0.15) is 5.56 Å². The number of nitrogens with two attached hydrogens (primary N) is 1. The van der Waals surface area contributed by atoms with Gasteiger partial charge in [0.05, 0.1) is 0 Å². The Morgan fingerprint density at radius 2 is 2.00 bits per heavy atom. The predicted octanol–water partition coefficient (Wildman–Crippen LogP) is 0.875. The number of hydrogen-bond donors (Lipinski definition) is 1. The molecular formula is C8H9F3N2O2S. The van der Waals surface area contributed by atoms with E-state index in [1.807, 2.05) is 0 Å². The van der Waals surface area contributed by atoms with Crippen molar-refractivity contribution in [3.8, 4) is 0 Å². The van der Waals surface area contributed by atoms with Crippen molar-refractivity contribution in [2.24, 2.45) is 5.73 Å². The SMILES string of the molecule is NCc1cccnc1S(=O)(=O)C(F)C(F)F. The van der Waals surface area contributed by atoms with Crippen LogP contribution < -0.4 is 5.73 Å². The quantitative estimate of drug-likeness (QED) is 0.865. The number of rotatable bonds is 4. The summed E-state index contributed by atoms with van der Waals surface area (Å²) in [6.45, 7) is -0.224. The molecule has 0 amide bonds. The molecule has 0 saturated carbocycles. The third kappa shape index (κ3) is 2.33. The van der Waals surface area contributed by atoms with E-state index in [2.05, 4.69) is 4.98 Å². The first-order valence-corrected chi connectivity index (χ1v) is 5.76. The highest BCUT2D eigenvalue weighted by Crippen LogP contribution is 2.22. The van der Waals surface area contributed by atoms with Crippen molar-refractivity contribution < 1.29 is 21.6 Å². The Bertz CT molecular complexity index is 464. The van der Waals surface area contributed by atoms with Crippen LogP contribution in [0.5, 0.6) is 0 Å². The summed E-state index contributed by atoms with van der Waals surface area (Å²) in [5.74, 6) is 0. The Hall–Kier alpha value is -1.15. The number of hydrogen-bond acceptors (Lipinski definition) is 4. The van der Waals surface area contributed by atoms with E-state index in [4.69, 9.17) is 5.73 Å². The molecule has 8 heteroatoms. The lowest BCUT2D eigenvalue weighted by molar-refractivity contribution is 0.0901. The third-order valence-corrected chi connectivity index (χ3v) is 3.54. The smallest absolute Gasteiger partial charge is 0.284 e. The van der Waals surface area contributed by atoms with Crippen LogP contribution in [0.2, 0.25) is 0 Å². The highest BCUT2D eigenvalue weighted by molar-refractivity contribution is 7.91. The fourth-order valence-corrected chi connectivity index (χ4v) is 2.29. The zero-order chi connectivity index (χ0) is 12.3. The number of pyridine rings is 1. The van der Waals surface area contributed by atoms with Gasteiger partial charge in [-0.3, -0.25) is 0 Å². The molecule has 1 rings (SSSR count). The van der Waals surface area contributed by atoms with Crippen molar-refractivity contribution >= 4 is 9.84 Å². The molecule has 0 bridgehead atoms. The lowest BCUT2D eigenvalue weighted by atomic mass is 10.3. The highest BCUT2D eigenvalue weighted by atomic mass is 32.2. The van der Waals surface area contributed by atoms with Crippen LogP contribution in [0.25, 0.3) is 0 Å². The Kier molecular flexibility index (Phi) is 3.87. The van der Waals surface area contributed by atoms with Gasteiger partial charge in [-0.05, 0) is 6.07 Å². The van der Waals surface area contributed by atoms with E-state index in [-0.39, 0.29) is 12.1 Å². The minimum absolute atomic E-state index is 0.00537. The van der Waals surface area contributed by atoms with Crippen LogP contribution in [0.4, 0.5) is 13.2 Å². The molecule has 16 heavy (non-hydrogen) atoms. The fraction of sp³-hybridized carbons (Fsp3) is 0.375. The number of sulfone groups is 1. The molecule has 0 radical (unpaired) electrons. The molecule has 1 aromatic rings. The lowest BCUT2D eigenvalue weighted by Crippen LogP contribution is -2.26. The summed E-state index contributed by atoms with van der Waals surface area (Å²) in [5, 5.41) is -0.731. The molecule has 0 aromatic carbocycles. The summed E-state index contributed by atoms with van der Waals surface area (Å²) in [5.41, 5.74) is 1.93. The molecule has 0 aliphatic carbocycles. The number of alkyl halides is 3. The van der Waals surface area contributed by atoms with Crippen LogP contribution >= 0.6 is 0 Å². The number of nitrogens with zero attached hydrogens (tertiary/aromatic N) is 1. The molecule has 0 aliphatic rings. The monoisotopic (exact) mass is 254 g/mol. The second-order valence-corrected chi connectivity index (χ2v) is 4.83. The number of halogens is 3. The molecule has 1 unspecified atom stereocenters. The van der Waals surface area contributed by atoms with E-state index in [0.717, 1.165) is 6.20 Å². The Labute approximate surface area is 90.2 Å². The molecule has 4 nitrogen and oxygen atoms in total. The largest absolute Gasteiger partial charge is 0.326 e. The second-order valence-electron chi connectivity index (χ2n) is 2.90. The number of aromatic nitrogens is 1. The lowest BCUT2D eigenvalue weighted by Gasteiger charge is -2.10. The maximum atomic E-state index is 12.9. The van der Waals surface area contributed by atoms with Gasteiger partial charge in [0.25, 0.3) is 11.9 Å². The normalized spacial score (nSPS) is 14.1. The first-order valence-electron chi connectivity index (χ1n) is 4.21. The standard InChI is InChI=1S/C8H9F3N2O2S/c9-6(10)7(11)16(14,15)8-5(4-12)2-1-3-13-8/h1-3,6-7H,4,12H2. The van der Waals surface area contributed by atoms with E-state index in [9.17, 15) is 21.6 Å². The molecule has 0 saturated heterocycles. The molecule has 0 spiro atoms. The summed E-state index contributed by atoms with van der Waals surface area (Å²) < 4.78 is 59.7. The van der Waals surface area contributed by atoms with E-state index >= 15 is 0 Å². The van der Waals surface area contributed by atoms with Crippen molar-refractivity contribution in [1.82, 2.24) is 4.98 Å². The van der Waals surface area contributed by atoms with Crippen molar-refractivity contribution in [2.75, 3.05) is 0 Å². The molecule has 2 N–H and O–H groups in total. The summed E-state index contributed by atoms with van der Waals surface area (Å²) in [6, 6.07) is 2.68. The maximum Gasteiger partial charge on any atom is 0.284 e. The van der Waals surface area contributed by atoms with E-state index in [1.165, 1.54) is 12.1 Å². The summed E-state index contributed by atoms with van der Waals surface area (Å²) in [6.07, 6.45) is -2.54. The zero-order valence-electron chi connectivity index (χ0n) is 7.98. The molecule has 0 aliphatic heterocycles. The topological polar surface area (TPSA) is 73.0 Å². The van der Waals surface area contributed by atoms with E-state index < -0.39 is 26.8 Å². The van der Waals surface area contributed by atoms with Gasteiger partial charge in [-0.25, -0.2) is 26.6 Å². The van der Waals surface area contributed by atoms with Gasteiger partial charge in [-0.2, -0.15) is 0 Å². The van der Waals surface area contributed by atoms with Crippen LogP contribution in [0.3, 0.4) is 0 Å². The van der Waals surface area contributed by atoms with Crippen LogP contribution in [0.15, 0.2) is 23.4 Å². The van der Waals surface area contributed by atoms with Gasteiger partial charge in [0.2, 0.25) is 9.84 Å². The first-order chi connectivity index (χ1) is 7.41. The highest BCUT2D eigenvalue weighted by Gasteiger charge is 2.37. The molecule has 1 aromatic heterocycles. The summed E-state index contributed by atoms with van der Waals surface area (Å²) >= 11 is 0. The minimum atomic E-state index is -4.79. The van der Waals surface area contributed by atoms with Gasteiger partial charge in [0, 0.05) is 18.3 Å². The summed E-state index contributed by atoms with van der Waals surface area (Å²) in [4.78, 5) is 3.38. The molecule has 90 valence electrons. The van der Waals surface area contributed by atoms with Gasteiger partial charge >= 0.3 is 0 Å². The average molecular weight is 254 g/mol. The van der Waals surface area contributed by atoms with Crippen LogP contribution in [-0.4, -0.2) is 25.3 Å². The van der Waals surface area contributed by atoms with Gasteiger partial charge in [-0.15, -0.1) is 0 Å². The molecular weight excluding hydrogens is 245 g/mol. The Balaban J connectivity index is 3.27. The van der Waals surface area contributed by atoms with Gasteiger partial charge in [-0.1, -0.05) is 6.07 Å². The molecule has 0 fully saturated rings.